The maximum absolute atomic E-state index is 11.7. The van der Waals surface area contributed by atoms with Crippen molar-refractivity contribution in [1.82, 2.24) is 5.32 Å². The molecule has 1 heterocycles. The second kappa shape index (κ2) is 4.99. The molecule has 1 unspecified atom stereocenters. The van der Waals surface area contributed by atoms with Crippen molar-refractivity contribution < 1.29 is 9.59 Å². The smallest absolute Gasteiger partial charge is 0.232 e. The molecule has 0 aromatic heterocycles. The minimum absolute atomic E-state index is 0.0660. The molecular formula is C13H16N2O2. The highest BCUT2D eigenvalue weighted by Crippen LogP contribution is 2.34. The van der Waals surface area contributed by atoms with Crippen LogP contribution in [0.4, 0.5) is 5.69 Å². The van der Waals surface area contributed by atoms with Gasteiger partial charge in [0.1, 0.15) is 0 Å². The summed E-state index contributed by atoms with van der Waals surface area (Å²) in [6.07, 6.45) is 1.13. The Morgan fingerprint density at radius 2 is 2.18 bits per heavy atom. The van der Waals surface area contributed by atoms with Crippen LogP contribution in [-0.2, 0) is 9.59 Å². The van der Waals surface area contributed by atoms with Gasteiger partial charge in [0.15, 0.2) is 0 Å². The summed E-state index contributed by atoms with van der Waals surface area (Å²) in [7, 11) is 0. The van der Waals surface area contributed by atoms with Gasteiger partial charge in [-0.3, -0.25) is 9.59 Å². The Balaban J connectivity index is 2.06. The predicted octanol–water partition coefficient (Wildman–Crippen LogP) is 1.64. The molecular weight excluding hydrogens is 216 g/mol. The predicted molar refractivity (Wildman–Crippen MR) is 65.7 cm³/mol. The minimum Gasteiger partial charge on any atom is -0.356 e. The molecule has 4 nitrogen and oxygen atoms in total. The number of para-hydroxylation sites is 1. The van der Waals surface area contributed by atoms with Gasteiger partial charge in [-0.1, -0.05) is 25.1 Å². The summed E-state index contributed by atoms with van der Waals surface area (Å²) in [5.74, 6) is -0.496. The number of carbonyl (C=O) groups is 2. The first kappa shape index (κ1) is 11.6. The minimum atomic E-state index is -0.344. The molecule has 0 saturated carbocycles. The lowest BCUT2D eigenvalue weighted by molar-refractivity contribution is -0.125. The van der Waals surface area contributed by atoms with Crippen molar-refractivity contribution in [3.63, 3.8) is 0 Å². The highest BCUT2D eigenvalue weighted by Gasteiger charge is 2.31. The highest BCUT2D eigenvalue weighted by molar-refractivity contribution is 6.04. The van der Waals surface area contributed by atoms with Gasteiger partial charge in [-0.05, 0) is 18.1 Å². The van der Waals surface area contributed by atoms with Crippen LogP contribution >= 0.6 is 0 Å². The fraction of sp³-hybridized carbons (Fsp3) is 0.385. The molecule has 0 fully saturated rings. The number of hydrogen-bond donors (Lipinski definition) is 2. The number of amides is 2. The van der Waals surface area contributed by atoms with Crippen LogP contribution in [0.2, 0.25) is 0 Å². The normalized spacial score (nSPS) is 17.5. The molecule has 0 aliphatic carbocycles. The molecule has 90 valence electrons. The van der Waals surface area contributed by atoms with Crippen molar-refractivity contribution in [3.8, 4) is 0 Å². The zero-order chi connectivity index (χ0) is 12.3. The maximum atomic E-state index is 11.7. The number of fused-ring (bicyclic) bond motifs is 1. The third-order valence-electron chi connectivity index (χ3n) is 2.87. The first-order valence-corrected chi connectivity index (χ1v) is 5.89. The van der Waals surface area contributed by atoms with E-state index in [4.69, 9.17) is 0 Å². The molecule has 0 bridgehead atoms. The van der Waals surface area contributed by atoms with Crippen LogP contribution in [-0.4, -0.2) is 18.4 Å². The van der Waals surface area contributed by atoms with E-state index in [-0.39, 0.29) is 24.2 Å². The van der Waals surface area contributed by atoms with Crippen LogP contribution in [0.15, 0.2) is 24.3 Å². The Morgan fingerprint density at radius 1 is 1.41 bits per heavy atom. The maximum Gasteiger partial charge on any atom is 0.232 e. The largest absolute Gasteiger partial charge is 0.356 e. The second-order valence-electron chi connectivity index (χ2n) is 4.18. The summed E-state index contributed by atoms with van der Waals surface area (Å²) >= 11 is 0. The molecule has 2 rings (SSSR count). The molecule has 1 aromatic rings. The van der Waals surface area contributed by atoms with Crippen LogP contribution in [0.3, 0.4) is 0 Å². The number of anilines is 1. The molecule has 0 spiro atoms. The molecule has 17 heavy (non-hydrogen) atoms. The second-order valence-corrected chi connectivity index (χ2v) is 4.18. The molecule has 0 saturated heterocycles. The van der Waals surface area contributed by atoms with Crippen LogP contribution in [0, 0.1) is 0 Å². The fourth-order valence-corrected chi connectivity index (χ4v) is 2.00. The van der Waals surface area contributed by atoms with E-state index in [0.29, 0.717) is 6.54 Å². The lowest BCUT2D eigenvalue weighted by atomic mass is 9.97. The van der Waals surface area contributed by atoms with E-state index in [1.807, 2.05) is 31.2 Å². The molecule has 1 aromatic carbocycles. The fourth-order valence-electron chi connectivity index (χ4n) is 2.00. The molecule has 1 aliphatic rings. The number of nitrogens with one attached hydrogen (secondary N) is 2. The van der Waals surface area contributed by atoms with E-state index < -0.39 is 0 Å². The van der Waals surface area contributed by atoms with Gasteiger partial charge in [0.05, 0.1) is 5.92 Å². The number of rotatable bonds is 4. The van der Waals surface area contributed by atoms with Crippen molar-refractivity contribution >= 4 is 17.5 Å². The Morgan fingerprint density at radius 3 is 2.94 bits per heavy atom. The standard InChI is InChI=1S/C13H16N2O2/c1-2-7-14-12(16)8-10-9-5-3-4-6-11(9)15-13(10)17/h3-6,10H,2,7-8H2,1H3,(H,14,16)(H,15,17). The van der Waals surface area contributed by atoms with Crippen LogP contribution in [0.5, 0.6) is 0 Å². The Kier molecular flexibility index (Phi) is 3.42. The Bertz CT molecular complexity index is 443. The average molecular weight is 232 g/mol. The van der Waals surface area contributed by atoms with E-state index in [9.17, 15) is 9.59 Å². The molecule has 1 atom stereocenters. The lowest BCUT2D eigenvalue weighted by Crippen LogP contribution is -2.27. The first-order chi connectivity index (χ1) is 8.22. The summed E-state index contributed by atoms with van der Waals surface area (Å²) in [6.45, 7) is 2.66. The summed E-state index contributed by atoms with van der Waals surface area (Å²) in [5, 5.41) is 5.58. The number of benzene rings is 1. The van der Waals surface area contributed by atoms with Crippen molar-refractivity contribution in [2.45, 2.75) is 25.7 Å². The van der Waals surface area contributed by atoms with Crippen molar-refractivity contribution in [3.05, 3.63) is 29.8 Å². The SMILES string of the molecule is CCCNC(=O)CC1C(=O)Nc2ccccc21. The van der Waals surface area contributed by atoms with E-state index >= 15 is 0 Å². The molecule has 2 amide bonds. The third kappa shape index (κ3) is 2.46. The zero-order valence-corrected chi connectivity index (χ0v) is 9.82. The summed E-state index contributed by atoms with van der Waals surface area (Å²) in [4.78, 5) is 23.4. The summed E-state index contributed by atoms with van der Waals surface area (Å²) in [6, 6.07) is 7.51. The Hall–Kier alpha value is -1.84. The van der Waals surface area contributed by atoms with Crippen molar-refractivity contribution in [1.29, 1.82) is 0 Å². The van der Waals surface area contributed by atoms with E-state index in [1.165, 1.54) is 0 Å². The quantitative estimate of drug-likeness (QED) is 0.829. The van der Waals surface area contributed by atoms with E-state index in [1.54, 1.807) is 0 Å². The average Bonchev–Trinajstić information content (AvgIpc) is 2.64. The monoisotopic (exact) mass is 232 g/mol. The van der Waals surface area contributed by atoms with E-state index in [0.717, 1.165) is 17.7 Å². The van der Waals surface area contributed by atoms with Crippen LogP contribution < -0.4 is 10.6 Å². The van der Waals surface area contributed by atoms with Crippen molar-refractivity contribution in [2.24, 2.45) is 0 Å². The van der Waals surface area contributed by atoms with Gasteiger partial charge in [0.25, 0.3) is 0 Å². The van der Waals surface area contributed by atoms with Crippen molar-refractivity contribution in [2.75, 3.05) is 11.9 Å². The first-order valence-electron chi connectivity index (χ1n) is 5.89. The van der Waals surface area contributed by atoms with E-state index in [2.05, 4.69) is 10.6 Å². The van der Waals surface area contributed by atoms with Gasteiger partial charge in [0.2, 0.25) is 11.8 Å². The molecule has 2 N–H and O–H groups in total. The number of hydrogen-bond acceptors (Lipinski definition) is 2. The van der Waals surface area contributed by atoms with Crippen LogP contribution in [0.25, 0.3) is 0 Å². The Labute approximate surface area is 100 Å². The molecule has 1 aliphatic heterocycles. The van der Waals surface area contributed by atoms with Crippen LogP contribution in [0.1, 0.15) is 31.2 Å². The summed E-state index contributed by atoms with van der Waals surface area (Å²) in [5.41, 5.74) is 1.75. The zero-order valence-electron chi connectivity index (χ0n) is 9.82. The van der Waals surface area contributed by atoms with Gasteiger partial charge in [-0.2, -0.15) is 0 Å². The highest BCUT2D eigenvalue weighted by atomic mass is 16.2. The van der Waals surface area contributed by atoms with Gasteiger partial charge in [0, 0.05) is 18.7 Å². The van der Waals surface area contributed by atoms with Gasteiger partial charge in [-0.15, -0.1) is 0 Å². The molecule has 0 radical (unpaired) electrons. The lowest BCUT2D eigenvalue weighted by Gasteiger charge is -2.08. The molecule has 4 heteroatoms. The van der Waals surface area contributed by atoms with Gasteiger partial charge >= 0.3 is 0 Å². The van der Waals surface area contributed by atoms with Gasteiger partial charge < -0.3 is 10.6 Å². The third-order valence-corrected chi connectivity index (χ3v) is 2.87. The summed E-state index contributed by atoms with van der Waals surface area (Å²) < 4.78 is 0. The van der Waals surface area contributed by atoms with Gasteiger partial charge in [-0.25, -0.2) is 0 Å². The number of carbonyl (C=O) groups excluding carboxylic acids is 2. The topological polar surface area (TPSA) is 58.2 Å².